The molecule has 0 radical (unpaired) electrons. The number of ether oxygens (including phenoxy) is 1. The number of thioether (sulfide) groups is 1. The molecule has 0 amide bonds. The first-order chi connectivity index (χ1) is 14.0. The topological polar surface area (TPSA) is 64.9 Å². The molecule has 0 unspecified atom stereocenters. The van der Waals surface area contributed by atoms with Crippen molar-refractivity contribution in [2.24, 2.45) is 0 Å². The van der Waals surface area contributed by atoms with Gasteiger partial charge in [0.25, 0.3) is 0 Å². The molecule has 0 saturated heterocycles. The minimum atomic E-state index is 0.0226. The summed E-state index contributed by atoms with van der Waals surface area (Å²) in [5, 5.41) is 17.2. The van der Waals surface area contributed by atoms with Crippen LogP contribution in [0.1, 0.15) is 25.8 Å². The Hall–Kier alpha value is -1.80. The van der Waals surface area contributed by atoms with E-state index in [-0.39, 0.29) is 6.10 Å². The third kappa shape index (κ3) is 6.34. The molecule has 3 aromatic rings. The normalized spacial score (nSPS) is 11.2. The molecule has 0 aliphatic carbocycles. The SMILES string of the molecule is CC(C)Oc1c(Cl)cc(CNCCCSc2nnnn2-c2ccccc2)cc1Cl. The number of halogens is 2. The van der Waals surface area contributed by atoms with Gasteiger partial charge < -0.3 is 10.1 Å². The van der Waals surface area contributed by atoms with Crippen LogP contribution in [0.4, 0.5) is 0 Å². The summed E-state index contributed by atoms with van der Waals surface area (Å²) in [7, 11) is 0. The van der Waals surface area contributed by atoms with Crippen LogP contribution in [0.2, 0.25) is 10.0 Å². The molecule has 0 atom stereocenters. The fourth-order valence-electron chi connectivity index (χ4n) is 2.66. The minimum absolute atomic E-state index is 0.0226. The highest BCUT2D eigenvalue weighted by Gasteiger charge is 2.11. The molecular weight excluding hydrogens is 429 g/mol. The number of hydrogen-bond donors (Lipinski definition) is 1. The van der Waals surface area contributed by atoms with Crippen molar-refractivity contribution in [2.75, 3.05) is 12.3 Å². The maximum atomic E-state index is 6.30. The van der Waals surface area contributed by atoms with Crippen LogP contribution in [0.5, 0.6) is 5.75 Å². The number of nitrogens with one attached hydrogen (secondary N) is 1. The fourth-order valence-corrected chi connectivity index (χ4v) is 4.11. The molecule has 2 aromatic carbocycles. The number of para-hydroxylation sites is 1. The monoisotopic (exact) mass is 451 g/mol. The zero-order valence-electron chi connectivity index (χ0n) is 16.3. The van der Waals surface area contributed by atoms with Gasteiger partial charge in [-0.15, -0.1) is 5.10 Å². The Morgan fingerprint density at radius 3 is 2.55 bits per heavy atom. The summed E-state index contributed by atoms with van der Waals surface area (Å²) in [6.45, 7) is 5.43. The summed E-state index contributed by atoms with van der Waals surface area (Å²) in [5.41, 5.74) is 1.98. The van der Waals surface area contributed by atoms with Gasteiger partial charge in [-0.2, -0.15) is 4.68 Å². The van der Waals surface area contributed by atoms with Crippen LogP contribution < -0.4 is 10.1 Å². The quantitative estimate of drug-likeness (QED) is 0.344. The van der Waals surface area contributed by atoms with Gasteiger partial charge in [0, 0.05) is 12.3 Å². The maximum absolute atomic E-state index is 6.30. The van der Waals surface area contributed by atoms with Crippen molar-refractivity contribution in [3.63, 3.8) is 0 Å². The Kier molecular flexibility index (Phi) is 8.18. The summed E-state index contributed by atoms with van der Waals surface area (Å²) >= 11 is 14.2. The van der Waals surface area contributed by atoms with Crippen LogP contribution in [0.15, 0.2) is 47.6 Å². The summed E-state index contributed by atoms with van der Waals surface area (Å²) in [5.74, 6) is 1.45. The van der Waals surface area contributed by atoms with E-state index in [9.17, 15) is 0 Å². The number of benzene rings is 2. The first kappa shape index (κ1) is 21.9. The summed E-state index contributed by atoms with van der Waals surface area (Å²) in [4.78, 5) is 0. The molecule has 9 heteroatoms. The van der Waals surface area contributed by atoms with Crippen molar-refractivity contribution < 1.29 is 4.74 Å². The first-order valence-corrected chi connectivity index (χ1v) is 11.1. The van der Waals surface area contributed by atoms with Gasteiger partial charge in [-0.1, -0.05) is 53.2 Å². The van der Waals surface area contributed by atoms with Crippen molar-refractivity contribution in [3.8, 4) is 11.4 Å². The molecule has 0 aliphatic heterocycles. The molecule has 29 heavy (non-hydrogen) atoms. The smallest absolute Gasteiger partial charge is 0.214 e. The number of hydrogen-bond acceptors (Lipinski definition) is 6. The molecule has 0 saturated carbocycles. The van der Waals surface area contributed by atoms with Gasteiger partial charge in [-0.25, -0.2) is 0 Å². The van der Waals surface area contributed by atoms with Crippen LogP contribution in [-0.2, 0) is 6.54 Å². The van der Waals surface area contributed by atoms with Crippen molar-refractivity contribution >= 4 is 35.0 Å². The van der Waals surface area contributed by atoms with Crippen LogP contribution in [-0.4, -0.2) is 38.6 Å². The van der Waals surface area contributed by atoms with Crippen LogP contribution in [0.25, 0.3) is 5.69 Å². The second kappa shape index (κ2) is 10.8. The van der Waals surface area contributed by atoms with Gasteiger partial charge in [-0.3, -0.25) is 0 Å². The lowest BCUT2D eigenvalue weighted by Gasteiger charge is -2.14. The van der Waals surface area contributed by atoms with Gasteiger partial charge in [0.15, 0.2) is 5.75 Å². The van der Waals surface area contributed by atoms with E-state index in [4.69, 9.17) is 27.9 Å². The summed E-state index contributed by atoms with van der Waals surface area (Å²) < 4.78 is 7.41. The molecule has 6 nitrogen and oxygen atoms in total. The standard InChI is InChI=1S/C20H23Cl2N5OS/c1-14(2)28-19-17(21)11-15(12-18(19)22)13-23-9-6-10-29-20-24-25-26-27(20)16-7-4-3-5-8-16/h3-5,7-8,11-12,14,23H,6,9-10,13H2,1-2H3. The number of aromatic nitrogens is 4. The van der Waals surface area contributed by atoms with E-state index in [0.717, 1.165) is 35.1 Å². The number of rotatable bonds is 10. The van der Waals surface area contributed by atoms with E-state index in [0.29, 0.717) is 22.3 Å². The Bertz CT molecular complexity index is 897. The molecular formula is C20H23Cl2N5OS. The van der Waals surface area contributed by atoms with Crippen molar-refractivity contribution in [1.82, 2.24) is 25.5 Å². The van der Waals surface area contributed by atoms with Crippen LogP contribution in [0, 0.1) is 0 Å². The van der Waals surface area contributed by atoms with Crippen LogP contribution >= 0.6 is 35.0 Å². The average molecular weight is 452 g/mol. The fraction of sp³-hybridized carbons (Fsp3) is 0.350. The highest BCUT2D eigenvalue weighted by Crippen LogP contribution is 2.34. The molecule has 1 N–H and O–H groups in total. The van der Waals surface area contributed by atoms with Gasteiger partial charge >= 0.3 is 0 Å². The zero-order chi connectivity index (χ0) is 20.6. The second-order valence-electron chi connectivity index (χ2n) is 6.64. The van der Waals surface area contributed by atoms with E-state index in [1.54, 1.807) is 16.4 Å². The maximum Gasteiger partial charge on any atom is 0.214 e. The Balaban J connectivity index is 1.43. The molecule has 1 aromatic heterocycles. The van der Waals surface area contributed by atoms with Gasteiger partial charge in [0.2, 0.25) is 5.16 Å². The van der Waals surface area contributed by atoms with E-state index < -0.39 is 0 Å². The summed E-state index contributed by atoms with van der Waals surface area (Å²) in [6, 6.07) is 13.6. The molecule has 0 bridgehead atoms. The molecule has 154 valence electrons. The third-order valence-corrected chi connectivity index (χ3v) is 5.48. The Labute approximate surface area is 184 Å². The lowest BCUT2D eigenvalue weighted by atomic mass is 10.2. The van der Waals surface area contributed by atoms with Crippen molar-refractivity contribution in [2.45, 2.75) is 38.1 Å². The van der Waals surface area contributed by atoms with E-state index in [1.807, 2.05) is 56.3 Å². The highest BCUT2D eigenvalue weighted by molar-refractivity contribution is 7.99. The predicted octanol–water partition coefficient (Wildman–Crippen LogP) is 5.03. The molecule has 3 rings (SSSR count). The number of tetrazole rings is 1. The third-order valence-electron chi connectivity index (χ3n) is 3.91. The molecule has 0 spiro atoms. The second-order valence-corrected chi connectivity index (χ2v) is 8.52. The van der Waals surface area contributed by atoms with Gasteiger partial charge in [0.05, 0.1) is 21.8 Å². The van der Waals surface area contributed by atoms with E-state index in [2.05, 4.69) is 20.8 Å². The molecule has 0 fully saturated rings. The highest BCUT2D eigenvalue weighted by atomic mass is 35.5. The first-order valence-electron chi connectivity index (χ1n) is 9.36. The van der Waals surface area contributed by atoms with Crippen molar-refractivity contribution in [3.05, 3.63) is 58.1 Å². The Morgan fingerprint density at radius 1 is 1.14 bits per heavy atom. The van der Waals surface area contributed by atoms with Gasteiger partial charge in [0.1, 0.15) is 0 Å². The number of nitrogens with zero attached hydrogens (tertiary/aromatic N) is 4. The molecule has 0 aliphatic rings. The zero-order valence-corrected chi connectivity index (χ0v) is 18.6. The average Bonchev–Trinajstić information content (AvgIpc) is 3.16. The van der Waals surface area contributed by atoms with Crippen molar-refractivity contribution in [1.29, 1.82) is 0 Å². The van der Waals surface area contributed by atoms with Crippen LogP contribution in [0.3, 0.4) is 0 Å². The van der Waals surface area contributed by atoms with E-state index in [1.165, 1.54) is 0 Å². The largest absolute Gasteiger partial charge is 0.488 e. The lowest BCUT2D eigenvalue weighted by molar-refractivity contribution is 0.242. The van der Waals surface area contributed by atoms with Gasteiger partial charge in [-0.05, 0) is 67.1 Å². The predicted molar refractivity (Wildman–Crippen MR) is 118 cm³/mol. The Morgan fingerprint density at radius 2 is 1.86 bits per heavy atom. The molecule has 1 heterocycles. The summed E-state index contributed by atoms with van der Waals surface area (Å²) in [6.07, 6.45) is 0.997. The minimum Gasteiger partial charge on any atom is -0.488 e. The van der Waals surface area contributed by atoms with E-state index >= 15 is 0 Å². The lowest BCUT2D eigenvalue weighted by Crippen LogP contribution is -2.15.